The van der Waals surface area contributed by atoms with Crippen molar-refractivity contribution in [2.45, 2.75) is 59.3 Å². The quantitative estimate of drug-likeness (QED) is 0.216. The van der Waals surface area contributed by atoms with Crippen LogP contribution < -0.4 is 0 Å². The SMILES string of the molecule is CCCC[O+](CCCC)CCCC.[Cl][Sb-]([Cl])([Cl])([Cl])([Cl])[Cl]. The van der Waals surface area contributed by atoms with Crippen molar-refractivity contribution in [1.82, 2.24) is 0 Å². The van der Waals surface area contributed by atoms with Gasteiger partial charge >= 0.3 is 62.1 Å². The molecule has 1 nitrogen and oxygen atoms in total. The van der Waals surface area contributed by atoms with Crippen molar-refractivity contribution in [3.63, 3.8) is 0 Å². The third-order valence-electron chi connectivity index (χ3n) is 2.36. The van der Waals surface area contributed by atoms with E-state index in [4.69, 9.17) is 53.0 Å². The number of hydrogen-bond donors (Lipinski definition) is 0. The Labute approximate surface area is 144 Å². The fraction of sp³-hybridized carbons (Fsp3) is 1.00. The average molecular weight is 522 g/mol. The van der Waals surface area contributed by atoms with Gasteiger partial charge in [0.25, 0.3) is 0 Å². The van der Waals surface area contributed by atoms with E-state index in [2.05, 4.69) is 25.1 Å². The predicted molar refractivity (Wildman–Crippen MR) is 101 cm³/mol. The van der Waals surface area contributed by atoms with Crippen LogP contribution in [0.2, 0.25) is 0 Å². The first-order valence-electron chi connectivity index (χ1n) is 7.00. The van der Waals surface area contributed by atoms with Gasteiger partial charge in [0.1, 0.15) is 19.8 Å². The van der Waals surface area contributed by atoms with E-state index in [-0.39, 0.29) is 0 Å². The molecule has 0 aromatic heterocycles. The number of rotatable bonds is 9. The first-order valence-corrected chi connectivity index (χ1v) is 26.4. The molecule has 0 rings (SSSR count). The van der Waals surface area contributed by atoms with Crippen LogP contribution >= 0.6 is 53.0 Å². The van der Waals surface area contributed by atoms with Gasteiger partial charge in [0.15, 0.2) is 0 Å². The monoisotopic (exact) mass is 518 g/mol. The van der Waals surface area contributed by atoms with E-state index in [0.29, 0.717) is 0 Å². The third kappa shape index (κ3) is 37.1. The van der Waals surface area contributed by atoms with Gasteiger partial charge in [0, 0.05) is 19.3 Å². The zero-order chi connectivity index (χ0) is 16.3. The van der Waals surface area contributed by atoms with Gasteiger partial charge in [0.05, 0.1) is 0 Å². The van der Waals surface area contributed by atoms with E-state index in [1.165, 1.54) is 58.3 Å². The Morgan fingerprint density at radius 1 is 0.600 bits per heavy atom. The minimum absolute atomic E-state index is 1.23. The molecule has 0 saturated carbocycles. The summed E-state index contributed by atoms with van der Waals surface area (Å²) in [5.41, 5.74) is 0. The summed E-state index contributed by atoms with van der Waals surface area (Å²) in [6.07, 6.45) is 7.92. The molecule has 0 aromatic carbocycles. The first kappa shape index (κ1) is 24.8. The molecule has 0 aliphatic rings. The van der Waals surface area contributed by atoms with Crippen molar-refractivity contribution in [3.8, 4) is 0 Å². The summed E-state index contributed by atoms with van der Waals surface area (Å²) in [7, 11) is 25.0. The van der Waals surface area contributed by atoms with E-state index in [0.717, 1.165) is 0 Å². The molecule has 0 amide bonds. The second-order valence-electron chi connectivity index (χ2n) is 4.74. The molecule has 0 fully saturated rings. The van der Waals surface area contributed by atoms with Crippen LogP contribution in [0.25, 0.3) is 0 Å². The summed E-state index contributed by atoms with van der Waals surface area (Å²) in [5.74, 6) is 0. The molecule has 0 atom stereocenters. The molecule has 0 aliphatic heterocycles. The summed E-state index contributed by atoms with van der Waals surface area (Å²) in [4.78, 5) is 0. The molecular weight excluding hydrogens is 495 g/mol. The van der Waals surface area contributed by atoms with E-state index in [9.17, 15) is 0 Å². The van der Waals surface area contributed by atoms with Crippen molar-refractivity contribution < 1.29 is 4.37 Å². The topological polar surface area (TPSA) is 2.70 Å². The Balaban J connectivity index is 0. The van der Waals surface area contributed by atoms with Gasteiger partial charge in [-0.1, -0.05) is 20.8 Å². The Morgan fingerprint density at radius 3 is 0.950 bits per heavy atom. The number of unbranched alkanes of at least 4 members (excludes halogenated alkanes) is 3. The molecule has 0 aromatic rings. The first-order chi connectivity index (χ1) is 8.80. The molecule has 0 N–H and O–H groups in total. The van der Waals surface area contributed by atoms with Gasteiger partial charge in [-0.15, -0.1) is 0 Å². The maximum atomic E-state index is 5.06. The molecule has 0 radical (unpaired) electrons. The van der Waals surface area contributed by atoms with Gasteiger partial charge in [-0.3, -0.25) is 0 Å². The molecule has 128 valence electrons. The summed E-state index contributed by atoms with van der Waals surface area (Å²) in [6.45, 7) is 10.5. The predicted octanol–water partition coefficient (Wildman–Crippen LogP) is 7.70. The van der Waals surface area contributed by atoms with Crippen molar-refractivity contribution >= 4 is 62.1 Å². The zero-order valence-electron chi connectivity index (χ0n) is 12.5. The second kappa shape index (κ2) is 10.4. The Kier molecular flexibility index (Phi) is 12.9. The van der Waals surface area contributed by atoms with E-state index in [1.807, 2.05) is 0 Å². The molecular formula is C12H27Cl6OSb. The standard InChI is InChI=1S/C12H27O.6ClH.Sb/c1-4-7-10-13(11-8-5-2)12-9-6-3;;;;;;;/h4-12H2,1-3H3;6*1H;/q+1;;;;;;;+5/p-6. The van der Waals surface area contributed by atoms with Crippen LogP contribution in [-0.2, 0) is 4.37 Å². The van der Waals surface area contributed by atoms with Crippen molar-refractivity contribution in [2.24, 2.45) is 0 Å². The Morgan fingerprint density at radius 2 is 0.800 bits per heavy atom. The molecule has 20 heavy (non-hydrogen) atoms. The Bertz CT molecular complexity index is 207. The Hall–Kier alpha value is 2.52. The van der Waals surface area contributed by atoms with E-state index in [1.54, 1.807) is 0 Å². The van der Waals surface area contributed by atoms with Crippen LogP contribution in [0.5, 0.6) is 0 Å². The summed E-state index contributed by atoms with van der Waals surface area (Å²) in [6, 6.07) is 0. The normalized spacial score (nSPS) is 15.3. The summed E-state index contributed by atoms with van der Waals surface area (Å²) < 4.78 is 3.43. The summed E-state index contributed by atoms with van der Waals surface area (Å²) in [5, 5.41) is 0. The molecule has 0 saturated heterocycles. The van der Waals surface area contributed by atoms with Gasteiger partial charge in [0.2, 0.25) is 0 Å². The molecule has 0 bridgehead atoms. The van der Waals surface area contributed by atoms with Crippen molar-refractivity contribution in [2.75, 3.05) is 19.8 Å². The van der Waals surface area contributed by atoms with Crippen LogP contribution in [0.3, 0.4) is 0 Å². The number of hydrogen-bond acceptors (Lipinski definition) is 0. The van der Waals surface area contributed by atoms with Crippen LogP contribution in [0.15, 0.2) is 0 Å². The van der Waals surface area contributed by atoms with E-state index < -0.39 is 9.14 Å². The van der Waals surface area contributed by atoms with E-state index >= 15 is 0 Å². The molecule has 0 unspecified atom stereocenters. The zero-order valence-corrected chi connectivity index (χ0v) is 19.6. The third-order valence-corrected chi connectivity index (χ3v) is 2.36. The summed E-state index contributed by atoms with van der Waals surface area (Å²) >= 11 is 0. The second-order valence-corrected chi connectivity index (χ2v) is 61.6. The molecule has 0 heterocycles. The molecule has 0 aliphatic carbocycles. The van der Waals surface area contributed by atoms with Gasteiger partial charge < -0.3 is 4.37 Å². The van der Waals surface area contributed by atoms with Gasteiger partial charge in [-0.05, 0) is 19.3 Å². The van der Waals surface area contributed by atoms with Gasteiger partial charge in [-0.25, -0.2) is 0 Å². The van der Waals surface area contributed by atoms with Crippen LogP contribution in [-0.4, -0.2) is 29.0 Å². The average Bonchev–Trinajstić information content (AvgIpc) is 2.24. The fourth-order valence-electron chi connectivity index (χ4n) is 1.35. The minimum atomic E-state index is -5.42. The van der Waals surface area contributed by atoms with Crippen LogP contribution in [0.1, 0.15) is 59.3 Å². The molecule has 8 heteroatoms. The van der Waals surface area contributed by atoms with Crippen LogP contribution in [0, 0.1) is 0 Å². The van der Waals surface area contributed by atoms with Crippen molar-refractivity contribution in [3.05, 3.63) is 0 Å². The van der Waals surface area contributed by atoms with Gasteiger partial charge in [-0.2, -0.15) is 0 Å². The van der Waals surface area contributed by atoms with Crippen molar-refractivity contribution in [1.29, 1.82) is 0 Å². The van der Waals surface area contributed by atoms with Crippen LogP contribution in [0.4, 0.5) is 0 Å². The molecule has 0 spiro atoms. The maximum absolute atomic E-state index is 5.42. The number of halogens is 6. The fourth-order valence-corrected chi connectivity index (χ4v) is 1.35.